The van der Waals surface area contributed by atoms with E-state index in [1.54, 1.807) is 32.9 Å². The lowest BCUT2D eigenvalue weighted by atomic mass is 10.1. The highest BCUT2D eigenvalue weighted by Gasteiger charge is 2.36. The summed E-state index contributed by atoms with van der Waals surface area (Å²) in [5, 5.41) is 2.83. The van der Waals surface area contributed by atoms with Gasteiger partial charge in [0.05, 0.1) is 0 Å². The lowest BCUT2D eigenvalue weighted by molar-refractivity contribution is -0.125. The van der Waals surface area contributed by atoms with Gasteiger partial charge in [0.1, 0.15) is 17.4 Å². The molecule has 150 valence electrons. The van der Waals surface area contributed by atoms with E-state index in [1.807, 2.05) is 0 Å². The number of likely N-dealkylation sites (tertiary alicyclic amines) is 1. The first-order chi connectivity index (χ1) is 12.7. The van der Waals surface area contributed by atoms with Gasteiger partial charge in [0.25, 0.3) is 0 Å². The molecule has 1 aromatic rings. The van der Waals surface area contributed by atoms with E-state index in [-0.39, 0.29) is 11.7 Å². The molecule has 2 amide bonds. The van der Waals surface area contributed by atoms with Crippen LogP contribution in [0.2, 0.25) is 0 Å². The maximum absolute atomic E-state index is 12.4. The average Bonchev–Trinajstić information content (AvgIpc) is 3.04. The van der Waals surface area contributed by atoms with Crippen molar-refractivity contribution in [2.24, 2.45) is 0 Å². The molecule has 1 fully saturated rings. The van der Waals surface area contributed by atoms with Gasteiger partial charge in [-0.3, -0.25) is 9.69 Å². The molecular weight excluding hydrogens is 358 g/mol. The number of amides is 2. The van der Waals surface area contributed by atoms with Crippen molar-refractivity contribution in [3.05, 3.63) is 29.8 Å². The molecule has 1 aliphatic heterocycles. The van der Waals surface area contributed by atoms with Crippen LogP contribution in [0.25, 0.3) is 0 Å². The van der Waals surface area contributed by atoms with Gasteiger partial charge in [0.2, 0.25) is 5.91 Å². The minimum atomic E-state index is -2.85. The number of benzene rings is 1. The third-order valence-corrected chi connectivity index (χ3v) is 4.04. The van der Waals surface area contributed by atoms with Crippen LogP contribution in [0.5, 0.6) is 5.75 Å². The van der Waals surface area contributed by atoms with Gasteiger partial charge in [-0.05, 0) is 57.7 Å². The molecule has 1 saturated heterocycles. The van der Waals surface area contributed by atoms with E-state index in [9.17, 15) is 18.4 Å². The Labute approximate surface area is 157 Å². The molecule has 1 atom stereocenters. The summed E-state index contributed by atoms with van der Waals surface area (Å²) in [4.78, 5) is 26.1. The second-order valence-electron chi connectivity index (χ2n) is 7.40. The summed E-state index contributed by atoms with van der Waals surface area (Å²) in [5.41, 5.74) is 0.272. The molecular formula is C19H26F2N2O4. The van der Waals surface area contributed by atoms with E-state index in [2.05, 4.69) is 10.1 Å². The first kappa shape index (κ1) is 20.9. The number of hydrogen-bond donors (Lipinski definition) is 1. The second-order valence-corrected chi connectivity index (χ2v) is 7.40. The number of nitrogens with one attached hydrogen (secondary N) is 1. The fraction of sp³-hybridized carbons (Fsp3) is 0.579. The highest BCUT2D eigenvalue weighted by Crippen LogP contribution is 2.21. The normalized spacial score (nSPS) is 17.1. The molecule has 27 heavy (non-hydrogen) atoms. The number of carbonyl (C=O) groups excluding carboxylic acids is 2. The van der Waals surface area contributed by atoms with E-state index in [4.69, 9.17) is 4.74 Å². The van der Waals surface area contributed by atoms with Gasteiger partial charge in [-0.15, -0.1) is 0 Å². The predicted octanol–water partition coefficient (Wildman–Crippen LogP) is 3.35. The van der Waals surface area contributed by atoms with Gasteiger partial charge >= 0.3 is 12.7 Å². The van der Waals surface area contributed by atoms with Crippen molar-refractivity contribution >= 4 is 12.0 Å². The van der Waals surface area contributed by atoms with E-state index in [0.717, 1.165) is 12.0 Å². The van der Waals surface area contributed by atoms with Crippen LogP contribution < -0.4 is 10.1 Å². The molecule has 0 spiro atoms. The van der Waals surface area contributed by atoms with Crippen LogP contribution in [-0.4, -0.2) is 48.2 Å². The molecule has 8 heteroatoms. The molecule has 1 unspecified atom stereocenters. The first-order valence-corrected chi connectivity index (χ1v) is 8.97. The molecule has 0 radical (unpaired) electrons. The van der Waals surface area contributed by atoms with E-state index in [1.165, 1.54) is 17.0 Å². The minimum Gasteiger partial charge on any atom is -0.444 e. The van der Waals surface area contributed by atoms with Crippen LogP contribution >= 0.6 is 0 Å². The zero-order chi connectivity index (χ0) is 20.0. The predicted molar refractivity (Wildman–Crippen MR) is 95.7 cm³/mol. The number of rotatable bonds is 6. The highest BCUT2D eigenvalue weighted by molar-refractivity contribution is 5.86. The van der Waals surface area contributed by atoms with E-state index in [0.29, 0.717) is 25.9 Å². The van der Waals surface area contributed by atoms with Crippen LogP contribution in [0.3, 0.4) is 0 Å². The zero-order valence-electron chi connectivity index (χ0n) is 15.8. The van der Waals surface area contributed by atoms with E-state index >= 15 is 0 Å². The molecule has 1 N–H and O–H groups in total. The number of carbonyl (C=O) groups is 2. The summed E-state index contributed by atoms with van der Waals surface area (Å²) in [6.07, 6.45) is 1.42. The van der Waals surface area contributed by atoms with Crippen LogP contribution in [0.1, 0.15) is 39.2 Å². The van der Waals surface area contributed by atoms with Gasteiger partial charge in [0.15, 0.2) is 0 Å². The van der Waals surface area contributed by atoms with Crippen molar-refractivity contribution in [1.82, 2.24) is 10.2 Å². The van der Waals surface area contributed by atoms with Crippen LogP contribution in [0.4, 0.5) is 13.6 Å². The van der Waals surface area contributed by atoms with Crippen molar-refractivity contribution in [2.45, 2.75) is 58.3 Å². The summed E-state index contributed by atoms with van der Waals surface area (Å²) >= 11 is 0. The number of nitrogens with zero attached hydrogens (tertiary/aromatic N) is 1. The van der Waals surface area contributed by atoms with Crippen LogP contribution in [0, 0.1) is 0 Å². The summed E-state index contributed by atoms with van der Waals surface area (Å²) in [5.74, 6) is -0.118. The standard InChI is InChI=1S/C19H26F2N2O4/c1-19(2,3)27-18(25)23-12-4-5-15(23)16(24)22-11-10-13-6-8-14(9-7-13)26-17(20)21/h6-9,15,17H,4-5,10-12H2,1-3H3,(H,22,24). The minimum absolute atomic E-state index is 0.0942. The van der Waals surface area contributed by atoms with Crippen molar-refractivity contribution in [1.29, 1.82) is 0 Å². The summed E-state index contributed by atoms with van der Waals surface area (Å²) < 4.78 is 33.9. The fourth-order valence-electron chi connectivity index (χ4n) is 2.86. The Morgan fingerprint density at radius 3 is 2.52 bits per heavy atom. The maximum atomic E-state index is 12.4. The van der Waals surface area contributed by atoms with Gasteiger partial charge in [-0.1, -0.05) is 12.1 Å². The largest absolute Gasteiger partial charge is 0.444 e. The molecule has 1 heterocycles. The molecule has 2 rings (SSSR count). The van der Waals surface area contributed by atoms with Crippen LogP contribution in [0.15, 0.2) is 24.3 Å². The zero-order valence-corrected chi connectivity index (χ0v) is 15.8. The summed E-state index contributed by atoms with van der Waals surface area (Å²) in [7, 11) is 0. The number of ether oxygens (including phenoxy) is 2. The molecule has 0 aliphatic carbocycles. The first-order valence-electron chi connectivity index (χ1n) is 8.97. The van der Waals surface area contributed by atoms with Gasteiger partial charge in [-0.25, -0.2) is 4.79 Å². The van der Waals surface area contributed by atoms with Gasteiger partial charge in [-0.2, -0.15) is 8.78 Å². The second kappa shape index (κ2) is 9.01. The average molecular weight is 384 g/mol. The Morgan fingerprint density at radius 2 is 1.93 bits per heavy atom. The Bertz CT molecular complexity index is 644. The Hall–Kier alpha value is -2.38. The molecule has 6 nitrogen and oxygen atoms in total. The Balaban J connectivity index is 1.81. The van der Waals surface area contributed by atoms with Crippen molar-refractivity contribution < 1.29 is 27.8 Å². The van der Waals surface area contributed by atoms with Crippen LogP contribution in [-0.2, 0) is 16.0 Å². The van der Waals surface area contributed by atoms with Gasteiger partial charge < -0.3 is 14.8 Å². The number of hydrogen-bond acceptors (Lipinski definition) is 4. The summed E-state index contributed by atoms with van der Waals surface area (Å²) in [6.45, 7) is 3.38. The lowest BCUT2D eigenvalue weighted by Crippen LogP contribution is -2.47. The maximum Gasteiger partial charge on any atom is 0.410 e. The summed E-state index contributed by atoms with van der Waals surface area (Å²) in [6, 6.07) is 5.75. The molecule has 1 aromatic carbocycles. The topological polar surface area (TPSA) is 67.9 Å². The quantitative estimate of drug-likeness (QED) is 0.817. The Morgan fingerprint density at radius 1 is 1.26 bits per heavy atom. The van der Waals surface area contributed by atoms with Crippen molar-refractivity contribution in [2.75, 3.05) is 13.1 Å². The lowest BCUT2D eigenvalue weighted by Gasteiger charge is -2.28. The Kier molecular flexibility index (Phi) is 6.98. The smallest absolute Gasteiger partial charge is 0.410 e. The van der Waals surface area contributed by atoms with Gasteiger partial charge in [0, 0.05) is 13.1 Å². The third-order valence-electron chi connectivity index (χ3n) is 4.04. The number of alkyl halides is 2. The SMILES string of the molecule is CC(C)(C)OC(=O)N1CCCC1C(=O)NCCc1ccc(OC(F)F)cc1. The molecule has 0 aromatic heterocycles. The monoisotopic (exact) mass is 384 g/mol. The van der Waals surface area contributed by atoms with Crippen molar-refractivity contribution in [3.8, 4) is 5.75 Å². The highest BCUT2D eigenvalue weighted by atomic mass is 19.3. The van der Waals surface area contributed by atoms with E-state index < -0.39 is 24.3 Å². The third kappa shape index (κ3) is 6.69. The van der Waals surface area contributed by atoms with Crippen molar-refractivity contribution in [3.63, 3.8) is 0 Å². The molecule has 0 bridgehead atoms. The molecule has 0 saturated carbocycles. The number of halogens is 2. The fourth-order valence-corrected chi connectivity index (χ4v) is 2.86. The molecule has 1 aliphatic rings.